The van der Waals surface area contributed by atoms with Crippen LogP contribution < -0.4 is 10.1 Å². The predicted molar refractivity (Wildman–Crippen MR) is 74.5 cm³/mol. The molecule has 2 rings (SSSR count). The van der Waals surface area contributed by atoms with Crippen LogP contribution in [0.15, 0.2) is 27.2 Å². The van der Waals surface area contributed by atoms with Gasteiger partial charge in [-0.2, -0.15) is 4.98 Å². The lowest BCUT2D eigenvalue weighted by atomic mass is 10.2. The van der Waals surface area contributed by atoms with E-state index in [1.54, 1.807) is 7.11 Å². The van der Waals surface area contributed by atoms with Crippen molar-refractivity contribution in [2.45, 2.75) is 6.54 Å². The summed E-state index contributed by atoms with van der Waals surface area (Å²) in [6.07, 6.45) is 5.14. The van der Waals surface area contributed by atoms with E-state index in [4.69, 9.17) is 15.7 Å². The second kappa shape index (κ2) is 6.36. The third-order valence-corrected chi connectivity index (χ3v) is 3.00. The van der Waals surface area contributed by atoms with Crippen molar-refractivity contribution in [2.24, 2.45) is 0 Å². The van der Waals surface area contributed by atoms with E-state index in [9.17, 15) is 0 Å². The van der Waals surface area contributed by atoms with Crippen molar-refractivity contribution in [3.05, 3.63) is 28.6 Å². The van der Waals surface area contributed by atoms with Crippen LogP contribution in [-0.2, 0) is 6.54 Å². The first-order valence-electron chi connectivity index (χ1n) is 5.55. The first kappa shape index (κ1) is 13.6. The maximum Gasteiger partial charge on any atom is 0.240 e. The standard InChI is InChI=1S/C13H12BrN3O2/c1-3-6-15-8-12-16-13(17-19-12)9-4-5-11(18-2)10(14)7-9/h1,4-5,7,15H,6,8H2,2H3. The molecule has 19 heavy (non-hydrogen) atoms. The molecule has 0 saturated carbocycles. The van der Waals surface area contributed by atoms with Crippen LogP contribution in [-0.4, -0.2) is 23.8 Å². The lowest BCUT2D eigenvalue weighted by molar-refractivity contribution is 0.370. The normalized spacial score (nSPS) is 10.2. The molecule has 1 heterocycles. The summed E-state index contributed by atoms with van der Waals surface area (Å²) < 4.78 is 11.1. The Kier molecular flexibility index (Phi) is 4.55. The molecule has 1 N–H and O–H groups in total. The number of hydrogen-bond donors (Lipinski definition) is 1. The van der Waals surface area contributed by atoms with E-state index in [1.165, 1.54) is 0 Å². The molecular formula is C13H12BrN3O2. The monoisotopic (exact) mass is 321 g/mol. The molecule has 5 nitrogen and oxygen atoms in total. The van der Waals surface area contributed by atoms with Crippen molar-refractivity contribution in [1.82, 2.24) is 15.5 Å². The minimum Gasteiger partial charge on any atom is -0.496 e. The Hall–Kier alpha value is -1.84. The van der Waals surface area contributed by atoms with Crippen LogP contribution in [0.3, 0.4) is 0 Å². The number of halogens is 1. The molecule has 0 bridgehead atoms. The molecule has 98 valence electrons. The molecule has 0 unspecified atom stereocenters. The van der Waals surface area contributed by atoms with Crippen molar-refractivity contribution < 1.29 is 9.26 Å². The third-order valence-electron chi connectivity index (χ3n) is 2.38. The van der Waals surface area contributed by atoms with E-state index in [0.717, 1.165) is 15.8 Å². The van der Waals surface area contributed by atoms with Crippen molar-refractivity contribution in [3.8, 4) is 29.5 Å². The van der Waals surface area contributed by atoms with Gasteiger partial charge in [-0.05, 0) is 34.1 Å². The lowest BCUT2D eigenvalue weighted by Crippen LogP contribution is -2.13. The number of terminal acetylenes is 1. The molecule has 6 heteroatoms. The molecule has 0 fully saturated rings. The van der Waals surface area contributed by atoms with Gasteiger partial charge in [-0.25, -0.2) is 0 Å². The fourth-order valence-corrected chi connectivity index (χ4v) is 2.03. The van der Waals surface area contributed by atoms with Gasteiger partial charge in [0.1, 0.15) is 5.75 Å². The summed E-state index contributed by atoms with van der Waals surface area (Å²) in [6, 6.07) is 5.58. The number of ether oxygens (including phenoxy) is 1. The number of nitrogens with zero attached hydrogens (tertiary/aromatic N) is 2. The highest BCUT2D eigenvalue weighted by atomic mass is 79.9. The lowest BCUT2D eigenvalue weighted by Gasteiger charge is -2.03. The zero-order valence-electron chi connectivity index (χ0n) is 10.3. The van der Waals surface area contributed by atoms with Gasteiger partial charge in [0.15, 0.2) is 0 Å². The Bertz CT molecular complexity index is 604. The third kappa shape index (κ3) is 3.34. The average Bonchev–Trinajstić information content (AvgIpc) is 2.88. The van der Waals surface area contributed by atoms with E-state index in [0.29, 0.717) is 24.8 Å². The quantitative estimate of drug-likeness (QED) is 0.676. The van der Waals surface area contributed by atoms with Crippen molar-refractivity contribution in [3.63, 3.8) is 0 Å². The average molecular weight is 322 g/mol. The zero-order valence-corrected chi connectivity index (χ0v) is 11.9. The van der Waals surface area contributed by atoms with Gasteiger partial charge in [-0.15, -0.1) is 6.42 Å². The number of hydrogen-bond acceptors (Lipinski definition) is 5. The highest BCUT2D eigenvalue weighted by Crippen LogP contribution is 2.29. The van der Waals surface area contributed by atoms with Gasteiger partial charge in [-0.1, -0.05) is 11.1 Å². The summed E-state index contributed by atoms with van der Waals surface area (Å²) in [7, 11) is 1.61. The van der Waals surface area contributed by atoms with E-state index < -0.39 is 0 Å². The maximum absolute atomic E-state index is 5.17. The Morgan fingerprint density at radius 2 is 2.37 bits per heavy atom. The molecule has 2 aromatic rings. The number of nitrogens with one attached hydrogen (secondary N) is 1. The van der Waals surface area contributed by atoms with Crippen LogP contribution in [0.4, 0.5) is 0 Å². The Morgan fingerprint density at radius 3 is 3.05 bits per heavy atom. The SMILES string of the molecule is C#CCNCc1nc(-c2ccc(OC)c(Br)c2)no1. The topological polar surface area (TPSA) is 60.2 Å². The molecule has 0 aliphatic rings. The Morgan fingerprint density at radius 1 is 1.53 bits per heavy atom. The van der Waals surface area contributed by atoms with Gasteiger partial charge >= 0.3 is 0 Å². The van der Waals surface area contributed by atoms with E-state index in [-0.39, 0.29) is 0 Å². The number of aromatic nitrogens is 2. The first-order valence-corrected chi connectivity index (χ1v) is 6.34. The summed E-state index contributed by atoms with van der Waals surface area (Å²) in [5.74, 6) is 4.25. The van der Waals surface area contributed by atoms with Crippen LogP contribution in [0, 0.1) is 12.3 Å². The summed E-state index contributed by atoms with van der Waals surface area (Å²) in [5, 5.41) is 6.91. The highest BCUT2D eigenvalue weighted by molar-refractivity contribution is 9.10. The molecule has 0 saturated heterocycles. The molecule has 0 spiro atoms. The van der Waals surface area contributed by atoms with Gasteiger partial charge in [0, 0.05) is 5.56 Å². The first-order chi connectivity index (χ1) is 9.24. The summed E-state index contributed by atoms with van der Waals surface area (Å²) in [6.45, 7) is 0.917. The van der Waals surface area contributed by atoms with Gasteiger partial charge in [0.25, 0.3) is 0 Å². The smallest absolute Gasteiger partial charge is 0.240 e. The molecular weight excluding hydrogens is 310 g/mol. The summed E-state index contributed by atoms with van der Waals surface area (Å²) in [5.41, 5.74) is 0.847. The number of rotatable bonds is 5. The fourth-order valence-electron chi connectivity index (χ4n) is 1.49. The molecule has 0 aliphatic carbocycles. The molecule has 0 atom stereocenters. The summed E-state index contributed by atoms with van der Waals surface area (Å²) >= 11 is 3.42. The minimum atomic E-state index is 0.453. The van der Waals surface area contributed by atoms with Gasteiger partial charge in [0.2, 0.25) is 11.7 Å². The van der Waals surface area contributed by atoms with Crippen LogP contribution in [0.1, 0.15) is 5.89 Å². The van der Waals surface area contributed by atoms with Gasteiger partial charge < -0.3 is 9.26 Å². The largest absolute Gasteiger partial charge is 0.496 e. The fraction of sp³-hybridized carbons (Fsp3) is 0.231. The molecule has 0 radical (unpaired) electrons. The van der Waals surface area contributed by atoms with Crippen molar-refractivity contribution >= 4 is 15.9 Å². The minimum absolute atomic E-state index is 0.453. The molecule has 0 amide bonds. The molecule has 0 aliphatic heterocycles. The Balaban J connectivity index is 2.14. The number of methoxy groups -OCH3 is 1. The maximum atomic E-state index is 5.17. The zero-order chi connectivity index (χ0) is 13.7. The Labute approximate surface area is 119 Å². The predicted octanol–water partition coefficient (Wildman–Crippen LogP) is 2.23. The summed E-state index contributed by atoms with van der Waals surface area (Å²) in [4.78, 5) is 4.28. The molecule has 1 aromatic carbocycles. The van der Waals surface area contributed by atoms with Gasteiger partial charge in [-0.3, -0.25) is 5.32 Å². The van der Waals surface area contributed by atoms with E-state index in [1.807, 2.05) is 18.2 Å². The van der Waals surface area contributed by atoms with Gasteiger partial charge in [0.05, 0.1) is 24.7 Å². The number of benzene rings is 1. The van der Waals surface area contributed by atoms with Crippen LogP contribution >= 0.6 is 15.9 Å². The van der Waals surface area contributed by atoms with E-state index in [2.05, 4.69) is 37.3 Å². The van der Waals surface area contributed by atoms with Crippen LogP contribution in [0.25, 0.3) is 11.4 Å². The van der Waals surface area contributed by atoms with E-state index >= 15 is 0 Å². The molecule has 1 aromatic heterocycles. The van der Waals surface area contributed by atoms with Crippen molar-refractivity contribution in [1.29, 1.82) is 0 Å². The van der Waals surface area contributed by atoms with Crippen molar-refractivity contribution in [2.75, 3.05) is 13.7 Å². The highest BCUT2D eigenvalue weighted by Gasteiger charge is 2.10. The van der Waals surface area contributed by atoms with Crippen LogP contribution in [0.5, 0.6) is 5.75 Å². The second-order valence-corrected chi connectivity index (χ2v) is 4.52. The van der Waals surface area contributed by atoms with Crippen LogP contribution in [0.2, 0.25) is 0 Å². The second-order valence-electron chi connectivity index (χ2n) is 3.67.